The lowest BCUT2D eigenvalue weighted by Gasteiger charge is -1.78. The molecule has 1 heteroatoms. The van der Waals surface area contributed by atoms with Gasteiger partial charge in [0.05, 0.1) is 0 Å². The van der Waals surface area contributed by atoms with Crippen molar-refractivity contribution in [1.82, 2.24) is 0 Å². The quantitative estimate of drug-likeness (QED) is 0.487. The highest BCUT2D eigenvalue weighted by Gasteiger charge is 2.05. The Morgan fingerprint density at radius 1 is 1.33 bits per heavy atom. The minimum absolute atomic E-state index is 0.289. The number of ketones is 1. The van der Waals surface area contributed by atoms with E-state index in [1.165, 1.54) is 5.57 Å². The molecule has 0 aromatic rings. The summed E-state index contributed by atoms with van der Waals surface area (Å²) in [5.41, 5.74) is 1.23. The summed E-state index contributed by atoms with van der Waals surface area (Å²) in [4.78, 5) is 10.4. The zero-order valence-electron chi connectivity index (χ0n) is 6.40. The lowest BCUT2D eigenvalue weighted by atomic mass is 10.3. The molecule has 0 atom stereocenters. The largest absolute Gasteiger partial charge is 0.295 e. The van der Waals surface area contributed by atoms with Crippen LogP contribution in [0.25, 0.3) is 0 Å². The van der Waals surface area contributed by atoms with Gasteiger partial charge in [-0.15, -0.1) is 0 Å². The molecule has 0 heterocycles. The Hall–Kier alpha value is -0.590. The normalized spacial score (nSPS) is 16.3. The van der Waals surface area contributed by atoms with Crippen molar-refractivity contribution in [2.24, 2.45) is 0 Å². The number of carbonyl (C=O) groups is 1. The average molecular weight is 126 g/mol. The maximum atomic E-state index is 10.4. The van der Waals surface area contributed by atoms with Gasteiger partial charge in [-0.2, -0.15) is 0 Å². The Morgan fingerprint density at radius 2 is 1.89 bits per heavy atom. The molecule has 0 spiro atoms. The van der Waals surface area contributed by atoms with Gasteiger partial charge in [0.15, 0.2) is 5.78 Å². The van der Waals surface area contributed by atoms with E-state index in [0.29, 0.717) is 0 Å². The molecule has 0 unspecified atom stereocenters. The van der Waals surface area contributed by atoms with Crippen molar-refractivity contribution in [2.75, 3.05) is 0 Å². The fourth-order valence-electron chi connectivity index (χ4n) is 0.740. The molecular formula is C8H14O. The molecule has 1 nitrogen and oxygen atoms in total. The van der Waals surface area contributed by atoms with Gasteiger partial charge in [0.25, 0.3) is 0 Å². The Kier molecular flexibility index (Phi) is 4.02. The molecule has 0 fully saturated rings. The molecule has 9 heavy (non-hydrogen) atoms. The van der Waals surface area contributed by atoms with Crippen LogP contribution in [0.4, 0.5) is 0 Å². The fraction of sp³-hybridized carbons (Fsp3) is 0.625. The van der Waals surface area contributed by atoms with Crippen LogP contribution in [0.3, 0.4) is 0 Å². The molecule has 0 amide bonds. The highest BCUT2D eigenvalue weighted by molar-refractivity contribution is 5.92. The van der Waals surface area contributed by atoms with Crippen LogP contribution in [0.1, 0.15) is 33.6 Å². The second-order valence-electron chi connectivity index (χ2n) is 1.96. The van der Waals surface area contributed by atoms with Gasteiger partial charge in [-0.25, -0.2) is 0 Å². The first-order chi connectivity index (χ1) is 4.29. The van der Waals surface area contributed by atoms with Crippen LogP contribution in [0.15, 0.2) is 11.6 Å². The molecule has 1 aliphatic rings. The Labute approximate surface area is 56.8 Å². The number of hydrogen-bond acceptors (Lipinski definition) is 1. The van der Waals surface area contributed by atoms with Gasteiger partial charge in [-0.05, 0) is 19.4 Å². The fourth-order valence-corrected chi connectivity index (χ4v) is 0.740. The maximum absolute atomic E-state index is 10.4. The van der Waals surface area contributed by atoms with Gasteiger partial charge in [0, 0.05) is 6.42 Å². The summed E-state index contributed by atoms with van der Waals surface area (Å²) < 4.78 is 0. The van der Waals surface area contributed by atoms with E-state index in [2.05, 4.69) is 0 Å². The second-order valence-corrected chi connectivity index (χ2v) is 1.96. The van der Waals surface area contributed by atoms with Crippen molar-refractivity contribution in [1.29, 1.82) is 0 Å². The summed E-state index contributed by atoms with van der Waals surface area (Å²) in [6, 6.07) is 0. The summed E-state index contributed by atoms with van der Waals surface area (Å²) in [7, 11) is 0. The van der Waals surface area contributed by atoms with Gasteiger partial charge in [0.1, 0.15) is 0 Å². The first-order valence-corrected chi connectivity index (χ1v) is 3.49. The lowest BCUT2D eigenvalue weighted by molar-refractivity contribution is -0.114. The third-order valence-corrected chi connectivity index (χ3v) is 1.17. The predicted octanol–water partition coefficient (Wildman–Crippen LogP) is 2.32. The molecule has 0 aromatic carbocycles. The van der Waals surface area contributed by atoms with Crippen LogP contribution in [-0.2, 0) is 4.79 Å². The SMILES string of the molecule is CC.CC1=CC(=O)CC1. The van der Waals surface area contributed by atoms with E-state index < -0.39 is 0 Å². The van der Waals surface area contributed by atoms with Crippen molar-refractivity contribution in [3.05, 3.63) is 11.6 Å². The van der Waals surface area contributed by atoms with E-state index in [-0.39, 0.29) is 5.78 Å². The molecule has 0 aromatic heterocycles. The highest BCUT2D eigenvalue weighted by atomic mass is 16.1. The van der Waals surface area contributed by atoms with Gasteiger partial charge in [-0.3, -0.25) is 4.79 Å². The Morgan fingerprint density at radius 3 is 2.00 bits per heavy atom. The van der Waals surface area contributed by atoms with Crippen molar-refractivity contribution >= 4 is 5.78 Å². The summed E-state index contributed by atoms with van der Waals surface area (Å²) >= 11 is 0. The topological polar surface area (TPSA) is 17.1 Å². The molecule has 1 rings (SSSR count). The minimum atomic E-state index is 0.289. The zero-order valence-corrected chi connectivity index (χ0v) is 6.40. The van der Waals surface area contributed by atoms with Gasteiger partial charge in [-0.1, -0.05) is 19.4 Å². The van der Waals surface area contributed by atoms with Crippen molar-refractivity contribution in [3.8, 4) is 0 Å². The van der Waals surface area contributed by atoms with E-state index in [1.54, 1.807) is 6.08 Å². The van der Waals surface area contributed by atoms with Crippen LogP contribution in [0, 0.1) is 0 Å². The molecular weight excluding hydrogens is 112 g/mol. The summed E-state index contributed by atoms with van der Waals surface area (Å²) in [5.74, 6) is 0.289. The Bertz CT molecular complexity index is 123. The number of carbonyl (C=O) groups excluding carboxylic acids is 1. The van der Waals surface area contributed by atoms with E-state index >= 15 is 0 Å². The van der Waals surface area contributed by atoms with E-state index in [4.69, 9.17) is 0 Å². The lowest BCUT2D eigenvalue weighted by Crippen LogP contribution is -1.80. The zero-order chi connectivity index (χ0) is 7.28. The van der Waals surface area contributed by atoms with Crippen LogP contribution in [0.5, 0.6) is 0 Å². The minimum Gasteiger partial charge on any atom is -0.295 e. The molecule has 0 aliphatic heterocycles. The molecule has 0 saturated carbocycles. The number of hydrogen-bond donors (Lipinski definition) is 0. The number of rotatable bonds is 0. The smallest absolute Gasteiger partial charge is 0.155 e. The standard InChI is InChI=1S/C6H8O.C2H6/c1-5-2-3-6(7)4-5;1-2/h4H,2-3H2,1H3;1-2H3. The molecule has 0 saturated heterocycles. The average Bonchev–Trinajstić information content (AvgIpc) is 2.20. The van der Waals surface area contributed by atoms with Crippen LogP contribution in [0.2, 0.25) is 0 Å². The molecule has 0 radical (unpaired) electrons. The van der Waals surface area contributed by atoms with Gasteiger partial charge in [0.2, 0.25) is 0 Å². The van der Waals surface area contributed by atoms with Gasteiger partial charge >= 0.3 is 0 Å². The van der Waals surface area contributed by atoms with Crippen molar-refractivity contribution in [3.63, 3.8) is 0 Å². The first-order valence-electron chi connectivity index (χ1n) is 3.49. The first kappa shape index (κ1) is 8.41. The van der Waals surface area contributed by atoms with Crippen molar-refractivity contribution in [2.45, 2.75) is 33.6 Å². The summed E-state index contributed by atoms with van der Waals surface area (Å²) in [6.45, 7) is 5.99. The summed E-state index contributed by atoms with van der Waals surface area (Å²) in [5, 5.41) is 0. The molecule has 1 aliphatic carbocycles. The third-order valence-electron chi connectivity index (χ3n) is 1.17. The molecule has 52 valence electrons. The van der Waals surface area contributed by atoms with Crippen molar-refractivity contribution < 1.29 is 4.79 Å². The molecule has 0 N–H and O–H groups in total. The highest BCUT2D eigenvalue weighted by Crippen LogP contribution is 2.12. The summed E-state index contributed by atoms with van der Waals surface area (Å²) in [6.07, 6.45) is 3.45. The van der Waals surface area contributed by atoms with E-state index in [0.717, 1.165) is 12.8 Å². The van der Waals surface area contributed by atoms with E-state index in [1.807, 2.05) is 20.8 Å². The Balaban J connectivity index is 0.000000291. The second kappa shape index (κ2) is 4.30. The predicted molar refractivity (Wildman–Crippen MR) is 39.3 cm³/mol. The van der Waals surface area contributed by atoms with Crippen LogP contribution < -0.4 is 0 Å². The monoisotopic (exact) mass is 126 g/mol. The van der Waals surface area contributed by atoms with Crippen LogP contribution >= 0.6 is 0 Å². The van der Waals surface area contributed by atoms with Gasteiger partial charge < -0.3 is 0 Å². The maximum Gasteiger partial charge on any atom is 0.155 e. The third kappa shape index (κ3) is 3.07. The van der Waals surface area contributed by atoms with Crippen LogP contribution in [-0.4, -0.2) is 5.78 Å². The van der Waals surface area contributed by atoms with E-state index in [9.17, 15) is 4.79 Å². The number of allylic oxidation sites excluding steroid dienone is 2. The molecule has 0 bridgehead atoms.